The van der Waals surface area contributed by atoms with Crippen LogP contribution in [-0.2, 0) is 14.3 Å². The van der Waals surface area contributed by atoms with Gasteiger partial charge in [0.1, 0.15) is 25.5 Å². The monoisotopic (exact) mass is 512 g/mol. The molecule has 2 aliphatic rings. The summed E-state index contributed by atoms with van der Waals surface area (Å²) in [6.07, 6.45) is 1.62. The van der Waals surface area contributed by atoms with Crippen LogP contribution >= 0.6 is 11.8 Å². The quantitative estimate of drug-likeness (QED) is 0.353. The summed E-state index contributed by atoms with van der Waals surface area (Å²) in [5.41, 5.74) is 0.677. The number of amides is 3. The van der Waals surface area contributed by atoms with Crippen molar-refractivity contribution in [2.45, 2.75) is 6.92 Å². The highest BCUT2D eigenvalue weighted by Crippen LogP contribution is 2.34. The molecule has 2 aromatic carbocycles. The molecule has 0 aliphatic carbocycles. The van der Waals surface area contributed by atoms with Crippen LogP contribution in [0.5, 0.6) is 17.2 Å². The van der Waals surface area contributed by atoms with Gasteiger partial charge in [-0.3, -0.25) is 19.3 Å². The molecule has 2 heterocycles. The van der Waals surface area contributed by atoms with Crippen molar-refractivity contribution in [3.8, 4) is 17.2 Å². The molecule has 0 spiro atoms. The van der Waals surface area contributed by atoms with Gasteiger partial charge in [-0.1, -0.05) is 24.3 Å². The van der Waals surface area contributed by atoms with Gasteiger partial charge < -0.3 is 23.8 Å². The van der Waals surface area contributed by atoms with E-state index in [1.807, 2.05) is 37.3 Å². The van der Waals surface area contributed by atoms with Crippen LogP contribution in [0.4, 0.5) is 4.79 Å². The van der Waals surface area contributed by atoms with Gasteiger partial charge in [0.2, 0.25) is 5.91 Å². The first-order chi connectivity index (χ1) is 17.5. The molecule has 9 nitrogen and oxygen atoms in total. The van der Waals surface area contributed by atoms with Crippen LogP contribution in [0.1, 0.15) is 12.5 Å². The van der Waals surface area contributed by atoms with Crippen LogP contribution in [0.3, 0.4) is 0 Å². The van der Waals surface area contributed by atoms with Crippen molar-refractivity contribution in [1.82, 2.24) is 9.80 Å². The second-order valence-electron chi connectivity index (χ2n) is 7.91. The number of morpholine rings is 1. The lowest BCUT2D eigenvalue weighted by molar-refractivity contribution is -0.139. The highest BCUT2D eigenvalue weighted by molar-refractivity contribution is 8.18. The Kier molecular flexibility index (Phi) is 8.85. The summed E-state index contributed by atoms with van der Waals surface area (Å²) in [6, 6.07) is 14.8. The normalized spacial score (nSPS) is 17.0. The number of rotatable bonds is 10. The van der Waals surface area contributed by atoms with Gasteiger partial charge in [0.05, 0.1) is 24.7 Å². The Morgan fingerprint density at radius 3 is 2.50 bits per heavy atom. The lowest BCUT2D eigenvalue weighted by atomic mass is 10.2. The number of ether oxygens (including phenoxy) is 4. The number of carbonyl (C=O) groups is 3. The molecule has 0 radical (unpaired) electrons. The minimum atomic E-state index is -0.483. The third-order valence-electron chi connectivity index (χ3n) is 5.45. The van der Waals surface area contributed by atoms with Gasteiger partial charge in [-0.05, 0) is 54.6 Å². The Morgan fingerprint density at radius 2 is 1.75 bits per heavy atom. The Labute approximate surface area is 213 Å². The number of imide groups is 1. The lowest BCUT2D eigenvalue weighted by Crippen LogP contribution is -2.46. The van der Waals surface area contributed by atoms with Crippen LogP contribution in [0.2, 0.25) is 0 Å². The highest BCUT2D eigenvalue weighted by Gasteiger charge is 2.37. The van der Waals surface area contributed by atoms with E-state index in [0.29, 0.717) is 63.2 Å². The molecule has 10 heteroatoms. The van der Waals surface area contributed by atoms with Gasteiger partial charge in [0.15, 0.2) is 11.5 Å². The molecule has 0 N–H and O–H groups in total. The number of nitrogens with zero attached hydrogens (tertiary/aromatic N) is 2. The van der Waals surface area contributed by atoms with Crippen molar-refractivity contribution in [1.29, 1.82) is 0 Å². The SMILES string of the molecule is CCOc1cc(/C=C2\SC(=O)N(CC(=O)N3CCOCC3)C2=O)ccc1OCCOc1ccccc1. The zero-order valence-corrected chi connectivity index (χ0v) is 20.8. The van der Waals surface area contributed by atoms with Crippen molar-refractivity contribution < 1.29 is 33.3 Å². The predicted octanol–water partition coefficient (Wildman–Crippen LogP) is 3.44. The fraction of sp³-hybridized carbons (Fsp3) is 0.346. The summed E-state index contributed by atoms with van der Waals surface area (Å²) in [4.78, 5) is 40.7. The molecule has 2 aromatic rings. The molecule has 0 aromatic heterocycles. The van der Waals surface area contributed by atoms with E-state index in [-0.39, 0.29) is 17.4 Å². The average Bonchev–Trinajstić information content (AvgIpc) is 3.16. The van der Waals surface area contributed by atoms with Crippen LogP contribution in [0.25, 0.3) is 6.08 Å². The smallest absolute Gasteiger partial charge is 0.294 e. The standard InChI is InChI=1S/C26H28N2O7S/c1-2-33-22-16-19(8-9-21(22)35-15-14-34-20-6-4-3-5-7-20)17-23-25(30)28(26(31)36-23)18-24(29)27-10-12-32-13-11-27/h3-9,16-17H,2,10-15,18H2,1H3/b23-17-. The molecule has 2 aliphatic heterocycles. The number of para-hydroxylation sites is 1. The average molecular weight is 513 g/mol. The summed E-state index contributed by atoms with van der Waals surface area (Å²) in [7, 11) is 0. The molecular formula is C26H28N2O7S. The Morgan fingerprint density at radius 1 is 1.00 bits per heavy atom. The van der Waals surface area contributed by atoms with Crippen molar-refractivity contribution in [2.24, 2.45) is 0 Å². The Hall–Kier alpha value is -3.50. The minimum absolute atomic E-state index is 0.252. The maximum atomic E-state index is 12.9. The topological polar surface area (TPSA) is 94.6 Å². The third-order valence-corrected chi connectivity index (χ3v) is 6.36. The van der Waals surface area contributed by atoms with Gasteiger partial charge in [0, 0.05) is 13.1 Å². The summed E-state index contributed by atoms with van der Waals surface area (Å²) in [5, 5.41) is -0.462. The van der Waals surface area contributed by atoms with Crippen molar-refractivity contribution in [2.75, 3.05) is 52.7 Å². The van der Waals surface area contributed by atoms with E-state index < -0.39 is 11.1 Å². The molecule has 2 saturated heterocycles. The van der Waals surface area contributed by atoms with Crippen molar-refractivity contribution >= 4 is 34.9 Å². The fourth-order valence-electron chi connectivity index (χ4n) is 3.67. The number of thioether (sulfide) groups is 1. The van der Waals surface area contributed by atoms with Crippen LogP contribution in [-0.4, -0.2) is 79.5 Å². The molecule has 0 saturated carbocycles. The van der Waals surface area contributed by atoms with Gasteiger partial charge in [0.25, 0.3) is 11.1 Å². The summed E-state index contributed by atoms with van der Waals surface area (Å²) < 4.78 is 22.5. The zero-order chi connectivity index (χ0) is 25.3. The highest BCUT2D eigenvalue weighted by atomic mass is 32.2. The minimum Gasteiger partial charge on any atom is -0.490 e. The van der Waals surface area contributed by atoms with E-state index in [0.717, 1.165) is 22.4 Å². The molecule has 2 fully saturated rings. The zero-order valence-electron chi connectivity index (χ0n) is 20.0. The number of hydrogen-bond donors (Lipinski definition) is 0. The molecule has 4 rings (SSSR count). The molecule has 0 unspecified atom stereocenters. The molecule has 0 atom stereocenters. The van der Waals surface area contributed by atoms with Crippen molar-refractivity contribution in [3.63, 3.8) is 0 Å². The van der Waals surface area contributed by atoms with E-state index in [2.05, 4.69) is 0 Å². The molecular weight excluding hydrogens is 484 g/mol. The maximum absolute atomic E-state index is 12.9. The van der Waals surface area contributed by atoms with E-state index in [9.17, 15) is 14.4 Å². The second-order valence-corrected chi connectivity index (χ2v) is 8.90. The van der Waals surface area contributed by atoms with Crippen LogP contribution in [0, 0.1) is 0 Å². The second kappa shape index (κ2) is 12.5. The maximum Gasteiger partial charge on any atom is 0.294 e. The largest absolute Gasteiger partial charge is 0.490 e. The summed E-state index contributed by atoms with van der Waals surface area (Å²) in [5.74, 6) is 1.09. The van der Waals surface area contributed by atoms with Gasteiger partial charge in [-0.2, -0.15) is 0 Å². The first-order valence-electron chi connectivity index (χ1n) is 11.7. The summed E-state index contributed by atoms with van der Waals surface area (Å²) in [6.45, 7) is 4.54. The summed E-state index contributed by atoms with van der Waals surface area (Å²) >= 11 is 0.818. The molecule has 36 heavy (non-hydrogen) atoms. The Bertz CT molecular complexity index is 1120. The van der Waals surface area contributed by atoms with E-state index in [4.69, 9.17) is 18.9 Å². The first-order valence-corrected chi connectivity index (χ1v) is 12.5. The fourth-order valence-corrected chi connectivity index (χ4v) is 4.50. The van der Waals surface area contributed by atoms with Gasteiger partial charge >= 0.3 is 0 Å². The predicted molar refractivity (Wildman–Crippen MR) is 135 cm³/mol. The first kappa shape index (κ1) is 25.6. The lowest BCUT2D eigenvalue weighted by Gasteiger charge is -2.28. The Balaban J connectivity index is 1.38. The van der Waals surface area contributed by atoms with Crippen LogP contribution < -0.4 is 14.2 Å². The number of carbonyl (C=O) groups excluding carboxylic acids is 3. The van der Waals surface area contributed by atoms with Crippen molar-refractivity contribution in [3.05, 3.63) is 59.0 Å². The van der Waals surface area contributed by atoms with Gasteiger partial charge in [-0.15, -0.1) is 0 Å². The number of hydrogen-bond acceptors (Lipinski definition) is 8. The van der Waals surface area contributed by atoms with E-state index in [1.165, 1.54) is 0 Å². The molecule has 0 bridgehead atoms. The third kappa shape index (κ3) is 6.58. The van der Waals surface area contributed by atoms with E-state index in [1.54, 1.807) is 29.2 Å². The molecule has 190 valence electrons. The number of benzene rings is 2. The molecule has 3 amide bonds. The van der Waals surface area contributed by atoms with Crippen LogP contribution in [0.15, 0.2) is 53.4 Å². The van der Waals surface area contributed by atoms with Gasteiger partial charge in [-0.25, -0.2) is 0 Å². The van der Waals surface area contributed by atoms with E-state index >= 15 is 0 Å².